The number of hydrogen-bond acceptors (Lipinski definition) is 4. The van der Waals surface area contributed by atoms with Crippen molar-refractivity contribution in [2.24, 2.45) is 35.5 Å². The summed E-state index contributed by atoms with van der Waals surface area (Å²) >= 11 is 0. The van der Waals surface area contributed by atoms with Crippen molar-refractivity contribution in [3.8, 4) is 0 Å². The standard InChI is InChI=1S/C32H39N3O3/c36-19-33-28-16-24-15-27(28)30-29(24)31(37)35(32(30)38)18-23-8-3-7-22(23)17-34-13-11-21(12-14-34)26-10-4-6-20-5-1-2-9-25(20)26/h1-2,4-6,9-10,19,21-24,27-30H,3,7-8,11-18H2,(H,33,36). The van der Waals surface area contributed by atoms with Gasteiger partial charge in [-0.2, -0.15) is 0 Å². The minimum Gasteiger partial charge on any atom is -0.356 e. The highest BCUT2D eigenvalue weighted by Gasteiger charge is 2.64. The molecule has 38 heavy (non-hydrogen) atoms. The Balaban J connectivity index is 0.971. The highest BCUT2D eigenvalue weighted by atomic mass is 16.2. The first-order valence-electron chi connectivity index (χ1n) is 14.9. The van der Waals surface area contributed by atoms with E-state index < -0.39 is 0 Å². The number of hydrogen-bond donors (Lipinski definition) is 1. The molecule has 3 amide bonds. The number of fused-ring (bicyclic) bond motifs is 6. The molecule has 5 fully saturated rings. The first kappa shape index (κ1) is 24.3. The third-order valence-electron chi connectivity index (χ3n) is 11.0. The number of benzene rings is 2. The lowest BCUT2D eigenvalue weighted by Crippen LogP contribution is -2.42. The van der Waals surface area contributed by atoms with Crippen molar-refractivity contribution in [3.63, 3.8) is 0 Å². The van der Waals surface area contributed by atoms with Crippen LogP contribution in [0.5, 0.6) is 0 Å². The highest BCUT2D eigenvalue weighted by Crippen LogP contribution is 2.56. The van der Waals surface area contributed by atoms with Crippen molar-refractivity contribution < 1.29 is 14.4 Å². The molecule has 6 nitrogen and oxygen atoms in total. The number of piperidine rings is 1. The van der Waals surface area contributed by atoms with E-state index in [9.17, 15) is 14.4 Å². The fourth-order valence-electron chi connectivity index (χ4n) is 9.17. The Labute approximate surface area is 225 Å². The second kappa shape index (κ2) is 9.78. The number of rotatable bonds is 7. The zero-order valence-electron chi connectivity index (χ0n) is 22.1. The molecule has 0 aromatic heterocycles. The van der Waals surface area contributed by atoms with Crippen molar-refractivity contribution in [2.75, 3.05) is 26.2 Å². The minimum atomic E-state index is -0.202. The Morgan fingerprint density at radius 2 is 1.58 bits per heavy atom. The van der Waals surface area contributed by atoms with Crippen molar-refractivity contribution in [1.82, 2.24) is 15.1 Å². The van der Waals surface area contributed by atoms with Gasteiger partial charge in [-0.3, -0.25) is 19.3 Å². The summed E-state index contributed by atoms with van der Waals surface area (Å²) in [5.41, 5.74) is 1.50. The molecular formula is C32H39N3O3. The third-order valence-corrected chi connectivity index (χ3v) is 11.0. The van der Waals surface area contributed by atoms with Gasteiger partial charge in [0.05, 0.1) is 11.8 Å². The molecule has 2 aromatic rings. The molecule has 200 valence electrons. The highest BCUT2D eigenvalue weighted by molar-refractivity contribution is 6.06. The SMILES string of the molecule is O=CNC1CC2CC1C1C(=O)N(CC3CCCC3CN3CCC(c4cccc5ccccc45)CC3)C(=O)C21. The van der Waals surface area contributed by atoms with Crippen molar-refractivity contribution >= 4 is 29.0 Å². The first-order valence-corrected chi connectivity index (χ1v) is 14.9. The predicted octanol–water partition coefficient (Wildman–Crippen LogP) is 4.19. The molecule has 7 unspecified atom stereocenters. The molecule has 2 saturated heterocycles. The van der Waals surface area contributed by atoms with E-state index in [1.165, 1.54) is 42.0 Å². The number of likely N-dealkylation sites (tertiary alicyclic amines) is 2. The van der Waals surface area contributed by atoms with Gasteiger partial charge < -0.3 is 10.2 Å². The average molecular weight is 514 g/mol. The summed E-state index contributed by atoms with van der Waals surface area (Å²) in [6.07, 6.45) is 8.41. The molecule has 6 heteroatoms. The van der Waals surface area contributed by atoms with Crippen molar-refractivity contribution in [2.45, 2.75) is 56.9 Å². The number of carbonyl (C=O) groups excluding carboxylic acids is 3. The van der Waals surface area contributed by atoms with Gasteiger partial charge in [0, 0.05) is 19.1 Å². The Kier molecular flexibility index (Phi) is 6.26. The molecule has 2 aliphatic heterocycles. The lowest BCUT2D eigenvalue weighted by molar-refractivity contribution is -0.141. The first-order chi connectivity index (χ1) is 18.6. The summed E-state index contributed by atoms with van der Waals surface area (Å²) < 4.78 is 0. The van der Waals surface area contributed by atoms with Gasteiger partial charge in [0.15, 0.2) is 0 Å². The smallest absolute Gasteiger partial charge is 0.233 e. The maximum absolute atomic E-state index is 13.5. The number of nitrogens with one attached hydrogen (secondary N) is 1. The second-order valence-corrected chi connectivity index (χ2v) is 12.7. The molecule has 0 radical (unpaired) electrons. The van der Waals surface area contributed by atoms with Crippen LogP contribution in [0, 0.1) is 35.5 Å². The van der Waals surface area contributed by atoms with Crippen LogP contribution in [0.1, 0.15) is 56.4 Å². The van der Waals surface area contributed by atoms with E-state index >= 15 is 0 Å². The van der Waals surface area contributed by atoms with Crippen LogP contribution in [0.15, 0.2) is 42.5 Å². The van der Waals surface area contributed by atoms with E-state index in [1.54, 1.807) is 4.90 Å². The monoisotopic (exact) mass is 513 g/mol. The van der Waals surface area contributed by atoms with Crippen LogP contribution >= 0.6 is 0 Å². The summed E-state index contributed by atoms with van der Waals surface area (Å²) in [6, 6.07) is 15.5. The van der Waals surface area contributed by atoms with Gasteiger partial charge in [-0.15, -0.1) is 0 Å². The van der Waals surface area contributed by atoms with Gasteiger partial charge in [0.2, 0.25) is 18.2 Å². The third kappa shape index (κ3) is 3.98. The minimum absolute atomic E-state index is 0.0476. The van der Waals surface area contributed by atoms with Crippen LogP contribution in [0.3, 0.4) is 0 Å². The fraction of sp³-hybridized carbons (Fsp3) is 0.594. The van der Waals surface area contributed by atoms with Crippen LogP contribution in [0.2, 0.25) is 0 Å². The van der Waals surface area contributed by atoms with Gasteiger partial charge in [0.25, 0.3) is 0 Å². The van der Waals surface area contributed by atoms with E-state index in [4.69, 9.17) is 0 Å². The van der Waals surface area contributed by atoms with E-state index in [0.717, 1.165) is 45.3 Å². The Hall–Kier alpha value is -2.73. The quantitative estimate of drug-likeness (QED) is 0.445. The molecular weight excluding hydrogens is 474 g/mol. The molecule has 5 aliphatic rings. The van der Waals surface area contributed by atoms with Gasteiger partial charge in [-0.25, -0.2) is 0 Å². The molecule has 2 heterocycles. The van der Waals surface area contributed by atoms with Crippen LogP contribution in [0.25, 0.3) is 10.8 Å². The summed E-state index contributed by atoms with van der Waals surface area (Å²) in [4.78, 5) is 42.2. The largest absolute Gasteiger partial charge is 0.356 e. The number of carbonyl (C=O) groups is 3. The van der Waals surface area contributed by atoms with Crippen LogP contribution in [-0.2, 0) is 14.4 Å². The number of amides is 3. The van der Waals surface area contributed by atoms with E-state index in [0.29, 0.717) is 24.3 Å². The fourth-order valence-corrected chi connectivity index (χ4v) is 9.17. The molecule has 7 atom stereocenters. The molecule has 0 spiro atoms. The van der Waals surface area contributed by atoms with Crippen LogP contribution < -0.4 is 5.32 Å². The predicted molar refractivity (Wildman–Crippen MR) is 146 cm³/mol. The lowest BCUT2D eigenvalue weighted by atomic mass is 9.78. The summed E-state index contributed by atoms with van der Waals surface area (Å²) in [6.45, 7) is 3.94. The maximum atomic E-state index is 13.5. The van der Waals surface area contributed by atoms with Gasteiger partial charge in [-0.05, 0) is 97.5 Å². The zero-order valence-corrected chi connectivity index (χ0v) is 22.1. The van der Waals surface area contributed by atoms with Crippen molar-refractivity contribution in [3.05, 3.63) is 48.0 Å². The Bertz CT molecular complexity index is 1230. The molecule has 7 rings (SSSR count). The molecule has 3 saturated carbocycles. The molecule has 1 N–H and O–H groups in total. The summed E-state index contributed by atoms with van der Waals surface area (Å²) in [7, 11) is 0. The van der Waals surface area contributed by atoms with Crippen LogP contribution in [0.4, 0.5) is 0 Å². The average Bonchev–Trinajstić information content (AvgIpc) is 3.70. The number of imide groups is 1. The molecule has 3 aliphatic carbocycles. The van der Waals surface area contributed by atoms with Gasteiger partial charge in [-0.1, -0.05) is 48.9 Å². The summed E-state index contributed by atoms with van der Waals surface area (Å²) in [5.74, 6) is 1.78. The topological polar surface area (TPSA) is 69.7 Å². The Morgan fingerprint density at radius 3 is 2.39 bits per heavy atom. The summed E-state index contributed by atoms with van der Waals surface area (Å²) in [5, 5.41) is 5.65. The number of nitrogens with zero attached hydrogens (tertiary/aromatic N) is 2. The van der Waals surface area contributed by atoms with E-state index in [1.807, 2.05) is 0 Å². The zero-order chi connectivity index (χ0) is 25.8. The molecule has 2 aromatic carbocycles. The van der Waals surface area contributed by atoms with Gasteiger partial charge >= 0.3 is 0 Å². The lowest BCUT2D eigenvalue weighted by Gasteiger charge is -2.36. The Morgan fingerprint density at radius 1 is 0.842 bits per heavy atom. The second-order valence-electron chi connectivity index (χ2n) is 12.7. The molecule has 2 bridgehead atoms. The normalized spacial score (nSPS) is 35.4. The van der Waals surface area contributed by atoms with E-state index in [-0.39, 0.29) is 41.5 Å². The van der Waals surface area contributed by atoms with Crippen LogP contribution in [-0.4, -0.2) is 60.2 Å². The maximum Gasteiger partial charge on any atom is 0.233 e. The van der Waals surface area contributed by atoms with E-state index in [2.05, 4.69) is 52.7 Å². The van der Waals surface area contributed by atoms with Gasteiger partial charge in [0.1, 0.15) is 0 Å². The van der Waals surface area contributed by atoms with Crippen molar-refractivity contribution in [1.29, 1.82) is 0 Å².